The topological polar surface area (TPSA) is 18.5 Å². The van der Waals surface area contributed by atoms with Crippen LogP contribution in [0, 0.1) is 34.5 Å². The zero-order valence-electron chi connectivity index (χ0n) is 28.8. The summed E-state index contributed by atoms with van der Waals surface area (Å²) in [5.41, 5.74) is 6.50. The van der Waals surface area contributed by atoms with Crippen LogP contribution in [0.15, 0.2) is 121 Å². The number of hydrogen-bond donors (Lipinski definition) is 0. The fraction of sp³-hybridized carbons (Fsp3) is 0.217. The van der Waals surface area contributed by atoms with Crippen molar-refractivity contribution in [1.82, 2.24) is 0 Å². The van der Waals surface area contributed by atoms with Gasteiger partial charge in [0, 0.05) is 22.3 Å². The van der Waals surface area contributed by atoms with Gasteiger partial charge in [0.15, 0.2) is 0 Å². The van der Waals surface area contributed by atoms with Gasteiger partial charge in [0.2, 0.25) is 0 Å². The summed E-state index contributed by atoms with van der Waals surface area (Å²) in [6.45, 7) is 14.4. The molecule has 48 heavy (non-hydrogen) atoms. The molecule has 0 radical (unpaired) electrons. The van der Waals surface area contributed by atoms with Gasteiger partial charge < -0.3 is 9.47 Å². The lowest BCUT2D eigenvalue weighted by atomic mass is 9.98. The second kappa shape index (κ2) is 13.7. The van der Waals surface area contributed by atoms with E-state index in [0.717, 1.165) is 66.4 Å². The first kappa shape index (κ1) is 32.5. The molecule has 0 saturated heterocycles. The maximum Gasteiger partial charge on any atom is 0.119 e. The first-order valence-electron chi connectivity index (χ1n) is 16.5. The van der Waals surface area contributed by atoms with Gasteiger partial charge in [0.25, 0.3) is 0 Å². The highest BCUT2D eigenvalue weighted by molar-refractivity contribution is 5.86. The van der Waals surface area contributed by atoms with E-state index in [1.807, 2.05) is 12.1 Å². The van der Waals surface area contributed by atoms with Crippen LogP contribution in [0.4, 0.5) is 0 Å². The SMILES string of the molecule is CC(C)(C)COc1ccc2cc(C#Cc3ccc(-c4ccc(C#Cc5ccc6cc(OCC(C)(C)C)ccc6c5)cc4)cc3)ccc2c1. The van der Waals surface area contributed by atoms with Gasteiger partial charge in [-0.2, -0.15) is 0 Å². The highest BCUT2D eigenvalue weighted by Crippen LogP contribution is 2.26. The van der Waals surface area contributed by atoms with E-state index in [9.17, 15) is 0 Å². The minimum absolute atomic E-state index is 0.126. The Balaban J connectivity index is 1.08. The normalized spacial score (nSPS) is 11.4. The predicted octanol–water partition coefficient (Wildman–Crippen LogP) is 11.3. The van der Waals surface area contributed by atoms with Crippen LogP contribution in [0.2, 0.25) is 0 Å². The van der Waals surface area contributed by atoms with Gasteiger partial charge in [0.05, 0.1) is 13.2 Å². The summed E-state index contributed by atoms with van der Waals surface area (Å²) < 4.78 is 12.0. The molecule has 2 heteroatoms. The smallest absolute Gasteiger partial charge is 0.119 e. The number of hydrogen-bond acceptors (Lipinski definition) is 2. The summed E-state index contributed by atoms with van der Waals surface area (Å²) in [4.78, 5) is 0. The Hall–Kier alpha value is -5.44. The summed E-state index contributed by atoms with van der Waals surface area (Å²) in [5, 5.41) is 4.61. The molecule has 0 bridgehead atoms. The standard InChI is InChI=1S/C46H42O2/c1-45(2,3)31-47-43-25-23-39-27-35(15-21-41(39)29-43)9-7-33-11-17-37(18-12-33)38-19-13-34(14-20-38)8-10-36-16-22-42-30-44(26-24-40(42)28-36)48-32-46(4,5)6/h11-30H,31-32H2,1-6H3. The molecule has 0 fully saturated rings. The Bertz CT molecular complexity index is 2020. The van der Waals surface area contributed by atoms with Gasteiger partial charge in [-0.1, -0.05) is 114 Å². The molecule has 6 rings (SSSR count). The molecule has 0 heterocycles. The van der Waals surface area contributed by atoms with Crippen molar-refractivity contribution in [2.75, 3.05) is 13.2 Å². The van der Waals surface area contributed by atoms with E-state index in [0.29, 0.717) is 13.2 Å². The Morgan fingerprint density at radius 1 is 0.375 bits per heavy atom. The number of benzene rings is 6. The monoisotopic (exact) mass is 626 g/mol. The van der Waals surface area contributed by atoms with Crippen molar-refractivity contribution in [3.05, 3.63) is 144 Å². The first-order chi connectivity index (χ1) is 23.0. The van der Waals surface area contributed by atoms with Gasteiger partial charge in [0.1, 0.15) is 11.5 Å². The summed E-state index contributed by atoms with van der Waals surface area (Å²) in [7, 11) is 0. The molecule has 0 aromatic heterocycles. The van der Waals surface area contributed by atoms with Crippen LogP contribution in [0.25, 0.3) is 32.7 Å². The van der Waals surface area contributed by atoms with E-state index < -0.39 is 0 Å². The number of ether oxygens (including phenoxy) is 2. The molecule has 238 valence electrons. The summed E-state index contributed by atoms with van der Waals surface area (Å²) >= 11 is 0. The summed E-state index contributed by atoms with van der Waals surface area (Å²) in [6, 6.07) is 41.9. The molecule has 6 aromatic rings. The van der Waals surface area contributed by atoms with Crippen LogP contribution in [-0.2, 0) is 0 Å². The molecule has 0 aliphatic heterocycles. The highest BCUT2D eigenvalue weighted by Gasteiger charge is 2.12. The molecular weight excluding hydrogens is 585 g/mol. The molecular formula is C46H42O2. The Kier molecular flexibility index (Phi) is 9.30. The third-order valence-electron chi connectivity index (χ3n) is 7.77. The van der Waals surface area contributed by atoms with Crippen molar-refractivity contribution >= 4 is 21.5 Å². The molecule has 0 unspecified atom stereocenters. The maximum absolute atomic E-state index is 5.98. The Morgan fingerprint density at radius 2 is 0.688 bits per heavy atom. The minimum atomic E-state index is 0.126. The molecule has 0 N–H and O–H groups in total. The number of fused-ring (bicyclic) bond motifs is 2. The van der Waals surface area contributed by atoms with Crippen molar-refractivity contribution < 1.29 is 9.47 Å². The molecule has 0 aliphatic rings. The van der Waals surface area contributed by atoms with Crippen molar-refractivity contribution in [1.29, 1.82) is 0 Å². The van der Waals surface area contributed by atoms with Crippen LogP contribution < -0.4 is 9.47 Å². The fourth-order valence-corrected chi connectivity index (χ4v) is 5.16. The zero-order valence-corrected chi connectivity index (χ0v) is 28.8. The Labute approximate surface area is 285 Å². The summed E-state index contributed by atoms with van der Waals surface area (Å²) in [6.07, 6.45) is 0. The quantitative estimate of drug-likeness (QED) is 0.177. The molecule has 0 atom stereocenters. The van der Waals surface area contributed by atoms with Crippen LogP contribution in [0.5, 0.6) is 11.5 Å². The van der Waals surface area contributed by atoms with E-state index >= 15 is 0 Å². The lowest BCUT2D eigenvalue weighted by Gasteiger charge is -2.19. The first-order valence-corrected chi connectivity index (χ1v) is 16.5. The van der Waals surface area contributed by atoms with Crippen LogP contribution in [0.3, 0.4) is 0 Å². The van der Waals surface area contributed by atoms with Gasteiger partial charge in [-0.05, 0) is 116 Å². The van der Waals surface area contributed by atoms with Crippen molar-refractivity contribution in [3.8, 4) is 46.3 Å². The third kappa shape index (κ3) is 8.88. The predicted molar refractivity (Wildman–Crippen MR) is 202 cm³/mol. The molecule has 0 saturated carbocycles. The third-order valence-corrected chi connectivity index (χ3v) is 7.77. The second-order valence-electron chi connectivity index (χ2n) is 14.8. The van der Waals surface area contributed by atoms with Crippen molar-refractivity contribution in [2.24, 2.45) is 10.8 Å². The lowest BCUT2D eigenvalue weighted by molar-refractivity contribution is 0.198. The van der Waals surface area contributed by atoms with E-state index in [4.69, 9.17) is 9.47 Å². The van der Waals surface area contributed by atoms with Crippen LogP contribution >= 0.6 is 0 Å². The largest absolute Gasteiger partial charge is 0.493 e. The average Bonchev–Trinajstić information content (AvgIpc) is 3.07. The molecule has 0 spiro atoms. The van der Waals surface area contributed by atoms with E-state index in [2.05, 4.69) is 174 Å². The van der Waals surface area contributed by atoms with Crippen LogP contribution in [0.1, 0.15) is 63.8 Å². The van der Waals surface area contributed by atoms with Crippen molar-refractivity contribution in [2.45, 2.75) is 41.5 Å². The molecule has 0 amide bonds. The second-order valence-corrected chi connectivity index (χ2v) is 14.8. The average molecular weight is 627 g/mol. The lowest BCUT2D eigenvalue weighted by Crippen LogP contribution is -2.16. The summed E-state index contributed by atoms with van der Waals surface area (Å²) in [5.74, 6) is 15.1. The zero-order chi connectivity index (χ0) is 33.7. The number of rotatable bonds is 5. The van der Waals surface area contributed by atoms with Gasteiger partial charge in [-0.25, -0.2) is 0 Å². The van der Waals surface area contributed by atoms with E-state index in [-0.39, 0.29) is 10.8 Å². The van der Waals surface area contributed by atoms with Crippen molar-refractivity contribution in [3.63, 3.8) is 0 Å². The van der Waals surface area contributed by atoms with Crippen LogP contribution in [-0.4, -0.2) is 13.2 Å². The maximum atomic E-state index is 5.98. The minimum Gasteiger partial charge on any atom is -0.493 e. The molecule has 0 aliphatic carbocycles. The van der Waals surface area contributed by atoms with E-state index in [1.165, 1.54) is 0 Å². The van der Waals surface area contributed by atoms with Gasteiger partial charge >= 0.3 is 0 Å². The fourth-order valence-electron chi connectivity index (χ4n) is 5.16. The molecule has 2 nitrogen and oxygen atoms in total. The van der Waals surface area contributed by atoms with Gasteiger partial charge in [-0.3, -0.25) is 0 Å². The molecule has 6 aromatic carbocycles. The Morgan fingerprint density at radius 3 is 1.06 bits per heavy atom. The highest BCUT2D eigenvalue weighted by atomic mass is 16.5. The van der Waals surface area contributed by atoms with E-state index in [1.54, 1.807) is 0 Å². The van der Waals surface area contributed by atoms with Gasteiger partial charge in [-0.15, -0.1) is 0 Å².